The van der Waals surface area contributed by atoms with Crippen LogP contribution in [0.1, 0.15) is 23.0 Å². The SMILES string of the molecule is Cc1ncc(N)cc1C(=O)OC(C)C#N. The van der Waals surface area contributed by atoms with Crippen molar-refractivity contribution in [2.24, 2.45) is 0 Å². The van der Waals surface area contributed by atoms with Gasteiger partial charge in [-0.15, -0.1) is 0 Å². The number of aromatic nitrogens is 1. The van der Waals surface area contributed by atoms with Crippen molar-refractivity contribution in [2.75, 3.05) is 5.73 Å². The topological polar surface area (TPSA) is 89.0 Å². The Kier molecular flexibility index (Phi) is 3.24. The molecule has 0 spiro atoms. The highest BCUT2D eigenvalue weighted by molar-refractivity contribution is 5.91. The van der Waals surface area contributed by atoms with Gasteiger partial charge < -0.3 is 10.5 Å². The number of carbonyl (C=O) groups excluding carboxylic acids is 1. The summed E-state index contributed by atoms with van der Waals surface area (Å²) < 4.78 is 4.83. The molecule has 78 valence electrons. The van der Waals surface area contributed by atoms with Gasteiger partial charge in [-0.25, -0.2) is 4.79 Å². The van der Waals surface area contributed by atoms with Gasteiger partial charge in [0, 0.05) is 0 Å². The van der Waals surface area contributed by atoms with Crippen LogP contribution in [0, 0.1) is 18.3 Å². The van der Waals surface area contributed by atoms with Crippen molar-refractivity contribution in [3.63, 3.8) is 0 Å². The summed E-state index contributed by atoms with van der Waals surface area (Å²) in [4.78, 5) is 15.4. The van der Waals surface area contributed by atoms with Crippen molar-refractivity contribution >= 4 is 11.7 Å². The Morgan fingerprint density at radius 2 is 2.40 bits per heavy atom. The summed E-state index contributed by atoms with van der Waals surface area (Å²) >= 11 is 0. The van der Waals surface area contributed by atoms with Crippen LogP contribution in [0.25, 0.3) is 0 Å². The molecule has 1 atom stereocenters. The van der Waals surface area contributed by atoms with Crippen LogP contribution in [0.2, 0.25) is 0 Å². The molecule has 1 aromatic rings. The van der Waals surface area contributed by atoms with Crippen LogP contribution >= 0.6 is 0 Å². The Balaban J connectivity index is 2.92. The van der Waals surface area contributed by atoms with E-state index in [4.69, 9.17) is 15.7 Å². The molecule has 1 aromatic heterocycles. The third kappa shape index (κ3) is 2.68. The first-order valence-corrected chi connectivity index (χ1v) is 4.37. The predicted molar refractivity (Wildman–Crippen MR) is 53.9 cm³/mol. The number of nitrogens with zero attached hydrogens (tertiary/aromatic N) is 2. The van der Waals surface area contributed by atoms with Crippen molar-refractivity contribution < 1.29 is 9.53 Å². The summed E-state index contributed by atoms with van der Waals surface area (Å²) in [6, 6.07) is 3.29. The predicted octanol–water partition coefficient (Wildman–Crippen LogP) is 1.04. The van der Waals surface area contributed by atoms with Crippen LogP contribution in [0.3, 0.4) is 0 Å². The molecule has 5 heteroatoms. The van der Waals surface area contributed by atoms with Gasteiger partial charge in [-0.2, -0.15) is 5.26 Å². The van der Waals surface area contributed by atoms with Gasteiger partial charge in [0.25, 0.3) is 0 Å². The molecule has 0 aliphatic rings. The van der Waals surface area contributed by atoms with Gasteiger partial charge in [0.05, 0.1) is 23.1 Å². The minimum absolute atomic E-state index is 0.289. The molecule has 0 fully saturated rings. The Hall–Kier alpha value is -2.09. The third-order valence-corrected chi connectivity index (χ3v) is 1.79. The second-order valence-corrected chi connectivity index (χ2v) is 3.08. The summed E-state index contributed by atoms with van der Waals surface area (Å²) in [6.45, 7) is 3.17. The summed E-state index contributed by atoms with van der Waals surface area (Å²) in [6.07, 6.45) is 0.679. The molecule has 2 N–H and O–H groups in total. The molecule has 0 aliphatic heterocycles. The monoisotopic (exact) mass is 205 g/mol. The standard InChI is InChI=1S/C10H11N3O2/c1-6(4-11)15-10(14)9-3-8(12)5-13-7(9)2/h3,5-6H,12H2,1-2H3. The van der Waals surface area contributed by atoms with Crippen molar-refractivity contribution in [3.8, 4) is 6.07 Å². The van der Waals surface area contributed by atoms with Crippen molar-refractivity contribution in [1.82, 2.24) is 4.98 Å². The van der Waals surface area contributed by atoms with Crippen LogP contribution in [-0.4, -0.2) is 17.1 Å². The first kappa shape index (κ1) is 11.0. The largest absolute Gasteiger partial charge is 0.444 e. The maximum absolute atomic E-state index is 11.5. The number of nitriles is 1. The number of nitrogens with two attached hydrogens (primary N) is 1. The number of ether oxygens (including phenoxy) is 1. The van der Waals surface area contributed by atoms with Gasteiger partial charge in [-0.3, -0.25) is 4.98 Å². The Labute approximate surface area is 87.5 Å². The average molecular weight is 205 g/mol. The Morgan fingerprint density at radius 1 is 1.73 bits per heavy atom. The fraction of sp³-hybridized carbons (Fsp3) is 0.300. The quantitative estimate of drug-likeness (QED) is 0.728. The molecule has 0 radical (unpaired) electrons. The number of hydrogen-bond donors (Lipinski definition) is 1. The first-order valence-electron chi connectivity index (χ1n) is 4.37. The minimum atomic E-state index is -0.779. The average Bonchev–Trinajstić information content (AvgIpc) is 2.21. The van der Waals surface area contributed by atoms with Crippen LogP contribution in [-0.2, 0) is 4.74 Å². The highest BCUT2D eigenvalue weighted by Crippen LogP contribution is 2.11. The van der Waals surface area contributed by atoms with Crippen molar-refractivity contribution in [3.05, 3.63) is 23.5 Å². The summed E-state index contributed by atoms with van der Waals surface area (Å²) in [7, 11) is 0. The van der Waals surface area contributed by atoms with E-state index in [1.807, 2.05) is 0 Å². The third-order valence-electron chi connectivity index (χ3n) is 1.79. The first-order chi connectivity index (χ1) is 7.04. The molecule has 5 nitrogen and oxygen atoms in total. The zero-order valence-electron chi connectivity index (χ0n) is 8.52. The fourth-order valence-corrected chi connectivity index (χ4v) is 1.01. The molecule has 0 aromatic carbocycles. The van der Waals surface area contributed by atoms with E-state index in [0.717, 1.165) is 0 Å². The highest BCUT2D eigenvalue weighted by Gasteiger charge is 2.14. The lowest BCUT2D eigenvalue weighted by Gasteiger charge is -2.07. The van der Waals surface area contributed by atoms with Crippen molar-refractivity contribution in [2.45, 2.75) is 20.0 Å². The maximum Gasteiger partial charge on any atom is 0.341 e. The lowest BCUT2D eigenvalue weighted by atomic mass is 10.2. The van der Waals surface area contributed by atoms with E-state index in [-0.39, 0.29) is 5.56 Å². The van der Waals surface area contributed by atoms with E-state index < -0.39 is 12.1 Å². The number of rotatable bonds is 2. The smallest absolute Gasteiger partial charge is 0.341 e. The van der Waals surface area contributed by atoms with Crippen LogP contribution in [0.4, 0.5) is 5.69 Å². The van der Waals surface area contributed by atoms with Gasteiger partial charge in [-0.05, 0) is 19.9 Å². The number of pyridine rings is 1. The van der Waals surface area contributed by atoms with E-state index in [1.54, 1.807) is 13.0 Å². The number of nitrogen functional groups attached to an aromatic ring is 1. The molecular weight excluding hydrogens is 194 g/mol. The molecule has 1 heterocycles. The number of aryl methyl sites for hydroxylation is 1. The van der Waals surface area contributed by atoms with Crippen LogP contribution in [0.15, 0.2) is 12.3 Å². The molecule has 15 heavy (non-hydrogen) atoms. The van der Waals surface area contributed by atoms with E-state index in [2.05, 4.69) is 4.98 Å². The van der Waals surface area contributed by atoms with Gasteiger partial charge in [-0.1, -0.05) is 0 Å². The highest BCUT2D eigenvalue weighted by atomic mass is 16.5. The number of carbonyl (C=O) groups is 1. The zero-order chi connectivity index (χ0) is 11.4. The fourth-order valence-electron chi connectivity index (χ4n) is 1.01. The molecule has 0 aliphatic carbocycles. The van der Waals surface area contributed by atoms with Crippen LogP contribution < -0.4 is 5.73 Å². The normalized spacial score (nSPS) is 11.5. The molecular formula is C10H11N3O2. The summed E-state index contributed by atoms with van der Waals surface area (Å²) in [5.41, 5.74) is 6.70. The zero-order valence-corrected chi connectivity index (χ0v) is 8.52. The lowest BCUT2D eigenvalue weighted by Crippen LogP contribution is -2.15. The van der Waals surface area contributed by atoms with E-state index in [9.17, 15) is 4.79 Å². The second-order valence-electron chi connectivity index (χ2n) is 3.08. The molecule has 0 saturated heterocycles. The maximum atomic E-state index is 11.5. The van der Waals surface area contributed by atoms with Crippen molar-refractivity contribution in [1.29, 1.82) is 5.26 Å². The second kappa shape index (κ2) is 4.42. The lowest BCUT2D eigenvalue weighted by molar-refractivity contribution is 0.0434. The summed E-state index contributed by atoms with van der Waals surface area (Å²) in [5.74, 6) is -0.582. The van der Waals surface area contributed by atoms with Gasteiger partial charge in [0.15, 0.2) is 6.10 Å². The number of anilines is 1. The molecule has 1 unspecified atom stereocenters. The Bertz CT molecular complexity index is 423. The molecule has 0 bridgehead atoms. The molecule has 0 saturated carbocycles. The van der Waals surface area contributed by atoms with E-state index in [1.165, 1.54) is 19.2 Å². The summed E-state index contributed by atoms with van der Waals surface area (Å²) in [5, 5.41) is 8.49. The van der Waals surface area contributed by atoms with E-state index >= 15 is 0 Å². The number of hydrogen-bond acceptors (Lipinski definition) is 5. The number of esters is 1. The van der Waals surface area contributed by atoms with E-state index in [0.29, 0.717) is 11.4 Å². The van der Waals surface area contributed by atoms with Gasteiger partial charge >= 0.3 is 5.97 Å². The minimum Gasteiger partial charge on any atom is -0.444 e. The Morgan fingerprint density at radius 3 is 3.00 bits per heavy atom. The van der Waals surface area contributed by atoms with Gasteiger partial charge in [0.2, 0.25) is 0 Å². The molecule has 1 rings (SSSR count). The molecule has 0 amide bonds. The van der Waals surface area contributed by atoms with Crippen LogP contribution in [0.5, 0.6) is 0 Å². The van der Waals surface area contributed by atoms with Gasteiger partial charge in [0.1, 0.15) is 6.07 Å².